The summed E-state index contributed by atoms with van der Waals surface area (Å²) < 4.78 is 6.49. The SMILES string of the molecule is COC(C)(C(=O)Nc1ccc(I)c(C)n1)C1CC1. The van der Waals surface area contributed by atoms with Gasteiger partial charge >= 0.3 is 0 Å². The van der Waals surface area contributed by atoms with E-state index in [0.717, 1.165) is 22.1 Å². The third-order valence-corrected chi connectivity index (χ3v) is 4.63. The summed E-state index contributed by atoms with van der Waals surface area (Å²) in [7, 11) is 1.59. The molecule has 98 valence electrons. The topological polar surface area (TPSA) is 51.2 Å². The molecule has 1 saturated carbocycles. The van der Waals surface area contributed by atoms with E-state index in [4.69, 9.17) is 4.74 Å². The second-order valence-electron chi connectivity index (χ2n) is 4.80. The van der Waals surface area contributed by atoms with Crippen LogP contribution in [0.3, 0.4) is 0 Å². The standard InChI is InChI=1S/C13H17IN2O2/c1-8-10(14)6-7-11(15-8)16-12(17)13(2,18-3)9-4-5-9/h6-7,9H,4-5H2,1-3H3,(H,15,16,17). The number of aryl methyl sites for hydroxylation is 1. The zero-order valence-corrected chi connectivity index (χ0v) is 12.9. The lowest BCUT2D eigenvalue weighted by molar-refractivity contribution is -0.138. The fourth-order valence-corrected chi connectivity index (χ4v) is 2.23. The Morgan fingerprint density at radius 1 is 1.56 bits per heavy atom. The van der Waals surface area contributed by atoms with E-state index in [0.29, 0.717) is 11.7 Å². The number of carbonyl (C=O) groups is 1. The molecule has 0 bridgehead atoms. The first-order valence-corrected chi connectivity index (χ1v) is 7.05. The Morgan fingerprint density at radius 3 is 2.72 bits per heavy atom. The van der Waals surface area contributed by atoms with Crippen LogP contribution >= 0.6 is 22.6 Å². The van der Waals surface area contributed by atoms with Crippen LogP contribution in [0.1, 0.15) is 25.5 Å². The fourth-order valence-electron chi connectivity index (χ4n) is 1.93. The number of anilines is 1. The van der Waals surface area contributed by atoms with Gasteiger partial charge in [0.2, 0.25) is 0 Å². The van der Waals surface area contributed by atoms with Gasteiger partial charge in [0, 0.05) is 10.7 Å². The molecule has 5 heteroatoms. The molecule has 1 atom stereocenters. The largest absolute Gasteiger partial charge is 0.368 e. The molecule has 0 saturated heterocycles. The number of aromatic nitrogens is 1. The van der Waals surface area contributed by atoms with Gasteiger partial charge in [0.25, 0.3) is 5.91 Å². The predicted molar refractivity (Wildman–Crippen MR) is 78.5 cm³/mol. The zero-order chi connectivity index (χ0) is 13.3. The van der Waals surface area contributed by atoms with Gasteiger partial charge in [-0.1, -0.05) is 0 Å². The maximum Gasteiger partial charge on any atom is 0.257 e. The monoisotopic (exact) mass is 360 g/mol. The molecule has 0 spiro atoms. The van der Waals surface area contributed by atoms with Gasteiger partial charge in [-0.3, -0.25) is 4.79 Å². The van der Waals surface area contributed by atoms with Crippen LogP contribution in [-0.2, 0) is 9.53 Å². The Balaban J connectivity index is 2.12. The molecule has 1 aromatic heterocycles. The Labute approximate surface area is 121 Å². The summed E-state index contributed by atoms with van der Waals surface area (Å²) in [6, 6.07) is 3.76. The fraction of sp³-hybridized carbons (Fsp3) is 0.538. The number of rotatable bonds is 4. The number of pyridine rings is 1. The molecule has 0 aliphatic heterocycles. The van der Waals surface area contributed by atoms with Gasteiger partial charge in [-0.05, 0) is 67.3 Å². The molecular weight excluding hydrogens is 343 g/mol. The molecular formula is C13H17IN2O2. The van der Waals surface area contributed by atoms with Gasteiger partial charge in [-0.25, -0.2) is 4.98 Å². The minimum atomic E-state index is -0.738. The number of hydrogen-bond acceptors (Lipinski definition) is 3. The lowest BCUT2D eigenvalue weighted by atomic mass is 9.99. The van der Waals surface area contributed by atoms with Crippen molar-refractivity contribution in [2.24, 2.45) is 5.92 Å². The summed E-state index contributed by atoms with van der Waals surface area (Å²) in [6.07, 6.45) is 2.10. The molecule has 1 N–H and O–H groups in total. The number of ether oxygens (including phenoxy) is 1. The van der Waals surface area contributed by atoms with E-state index in [9.17, 15) is 4.79 Å². The van der Waals surface area contributed by atoms with Crippen molar-refractivity contribution in [3.05, 3.63) is 21.4 Å². The number of amides is 1. The van der Waals surface area contributed by atoms with E-state index < -0.39 is 5.60 Å². The van der Waals surface area contributed by atoms with Crippen LogP contribution in [0.4, 0.5) is 5.82 Å². The third-order valence-electron chi connectivity index (χ3n) is 3.49. The van der Waals surface area contributed by atoms with Gasteiger partial charge in [0.1, 0.15) is 11.4 Å². The van der Waals surface area contributed by atoms with Crippen molar-refractivity contribution in [3.63, 3.8) is 0 Å². The normalized spacial score (nSPS) is 18.2. The Kier molecular flexibility index (Phi) is 3.91. The molecule has 1 unspecified atom stereocenters. The highest BCUT2D eigenvalue weighted by Crippen LogP contribution is 2.42. The van der Waals surface area contributed by atoms with E-state index in [-0.39, 0.29) is 5.91 Å². The smallest absolute Gasteiger partial charge is 0.257 e. The lowest BCUT2D eigenvalue weighted by Crippen LogP contribution is -2.44. The molecule has 2 rings (SSSR count). The summed E-state index contributed by atoms with van der Waals surface area (Å²) in [5.41, 5.74) is 0.178. The van der Waals surface area contributed by atoms with Crippen LogP contribution < -0.4 is 5.32 Å². The molecule has 1 fully saturated rings. The van der Waals surface area contributed by atoms with Crippen LogP contribution in [0, 0.1) is 16.4 Å². The first-order chi connectivity index (χ1) is 8.47. The number of methoxy groups -OCH3 is 1. The third kappa shape index (κ3) is 2.66. The van der Waals surface area contributed by atoms with E-state index >= 15 is 0 Å². The van der Waals surface area contributed by atoms with Crippen molar-refractivity contribution in [1.82, 2.24) is 4.98 Å². The summed E-state index contributed by atoms with van der Waals surface area (Å²) in [5.74, 6) is 0.801. The average Bonchev–Trinajstić information content (AvgIpc) is 3.17. The molecule has 1 amide bonds. The minimum absolute atomic E-state index is 0.111. The summed E-state index contributed by atoms with van der Waals surface area (Å²) in [6.45, 7) is 3.77. The highest BCUT2D eigenvalue weighted by atomic mass is 127. The van der Waals surface area contributed by atoms with Crippen molar-refractivity contribution in [2.45, 2.75) is 32.3 Å². The van der Waals surface area contributed by atoms with Gasteiger partial charge in [0.05, 0.1) is 5.69 Å². The van der Waals surface area contributed by atoms with Crippen molar-refractivity contribution in [3.8, 4) is 0 Å². The highest BCUT2D eigenvalue weighted by molar-refractivity contribution is 14.1. The zero-order valence-electron chi connectivity index (χ0n) is 10.8. The van der Waals surface area contributed by atoms with Crippen LogP contribution in [0.25, 0.3) is 0 Å². The van der Waals surface area contributed by atoms with Gasteiger partial charge in [-0.2, -0.15) is 0 Å². The first kappa shape index (κ1) is 13.7. The maximum atomic E-state index is 12.3. The van der Waals surface area contributed by atoms with Gasteiger partial charge in [-0.15, -0.1) is 0 Å². The predicted octanol–water partition coefficient (Wildman–Crippen LogP) is 2.75. The van der Waals surface area contributed by atoms with Crippen LogP contribution in [0.15, 0.2) is 12.1 Å². The van der Waals surface area contributed by atoms with Crippen molar-refractivity contribution in [2.75, 3.05) is 12.4 Å². The van der Waals surface area contributed by atoms with E-state index in [1.54, 1.807) is 7.11 Å². The van der Waals surface area contributed by atoms with Crippen LogP contribution in [-0.4, -0.2) is 23.6 Å². The Bertz CT molecular complexity index is 474. The molecule has 1 heterocycles. The summed E-state index contributed by atoms with van der Waals surface area (Å²) in [5, 5.41) is 2.84. The lowest BCUT2D eigenvalue weighted by Gasteiger charge is -2.26. The molecule has 1 aliphatic carbocycles. The van der Waals surface area contributed by atoms with Gasteiger partial charge < -0.3 is 10.1 Å². The summed E-state index contributed by atoms with van der Waals surface area (Å²) >= 11 is 2.22. The molecule has 1 aliphatic rings. The van der Waals surface area contributed by atoms with Gasteiger partial charge in [0.15, 0.2) is 0 Å². The average molecular weight is 360 g/mol. The number of nitrogens with one attached hydrogen (secondary N) is 1. The summed E-state index contributed by atoms with van der Waals surface area (Å²) in [4.78, 5) is 16.6. The van der Waals surface area contributed by atoms with E-state index in [2.05, 4.69) is 32.9 Å². The second kappa shape index (κ2) is 5.13. The maximum absolute atomic E-state index is 12.3. The van der Waals surface area contributed by atoms with E-state index in [1.165, 1.54) is 0 Å². The van der Waals surface area contributed by atoms with Crippen molar-refractivity contribution < 1.29 is 9.53 Å². The Hall–Kier alpha value is -0.690. The van der Waals surface area contributed by atoms with Crippen molar-refractivity contribution >= 4 is 34.3 Å². The minimum Gasteiger partial charge on any atom is -0.368 e. The van der Waals surface area contributed by atoms with Crippen LogP contribution in [0.2, 0.25) is 0 Å². The first-order valence-electron chi connectivity index (χ1n) is 5.97. The van der Waals surface area contributed by atoms with E-state index in [1.807, 2.05) is 26.0 Å². The number of hydrogen-bond donors (Lipinski definition) is 1. The molecule has 4 nitrogen and oxygen atoms in total. The van der Waals surface area contributed by atoms with Crippen molar-refractivity contribution in [1.29, 1.82) is 0 Å². The molecule has 1 aromatic rings. The number of nitrogens with zero attached hydrogens (tertiary/aromatic N) is 1. The Morgan fingerprint density at radius 2 is 2.22 bits per heavy atom. The molecule has 0 radical (unpaired) electrons. The number of halogens is 1. The number of carbonyl (C=O) groups excluding carboxylic acids is 1. The molecule has 18 heavy (non-hydrogen) atoms. The van der Waals surface area contributed by atoms with Crippen LogP contribution in [0.5, 0.6) is 0 Å². The second-order valence-corrected chi connectivity index (χ2v) is 5.97. The molecule has 0 aromatic carbocycles. The highest BCUT2D eigenvalue weighted by Gasteiger charge is 2.47. The quantitative estimate of drug-likeness (QED) is 0.841.